The standard InChI is InChI=1S/C44H83NO9/c1-8-10-12-14-16-18-20-22-24-26-28-30-40(47)51-36-38(54-41(48)31-29-27-25-23-21-19-17-15-13-11-9-2)37-52-42(49)35-45(7)34-39(46)44(5,6)53-33-32-43(3,4)50/h38,50H,8-37H2,1-7H3. The van der Waals surface area contributed by atoms with Gasteiger partial charge < -0.3 is 24.1 Å². The first-order valence-electron chi connectivity index (χ1n) is 21.8. The second kappa shape index (κ2) is 33.1. The summed E-state index contributed by atoms with van der Waals surface area (Å²) < 4.78 is 22.3. The quantitative estimate of drug-likeness (QED) is 0.0368. The number of likely N-dealkylation sites (N-methyl/N-ethyl adjacent to an activating group) is 1. The van der Waals surface area contributed by atoms with E-state index in [4.69, 9.17) is 18.9 Å². The summed E-state index contributed by atoms with van der Waals surface area (Å²) in [6.45, 7) is 10.7. The molecule has 54 heavy (non-hydrogen) atoms. The van der Waals surface area contributed by atoms with E-state index in [-0.39, 0.29) is 51.1 Å². The Morgan fingerprint density at radius 1 is 0.556 bits per heavy atom. The Hall–Kier alpha value is -2.04. The second-order valence-corrected chi connectivity index (χ2v) is 16.6. The molecule has 0 radical (unpaired) electrons. The number of hydrogen-bond donors (Lipinski definition) is 1. The van der Waals surface area contributed by atoms with E-state index in [9.17, 15) is 24.3 Å². The largest absolute Gasteiger partial charge is 0.462 e. The molecule has 10 nitrogen and oxygen atoms in total. The number of carbonyl (C=O) groups excluding carboxylic acids is 4. The van der Waals surface area contributed by atoms with E-state index in [1.54, 1.807) is 34.7 Å². The number of ketones is 1. The van der Waals surface area contributed by atoms with Gasteiger partial charge in [0, 0.05) is 12.8 Å². The molecule has 0 aliphatic heterocycles. The molecule has 0 amide bonds. The van der Waals surface area contributed by atoms with Gasteiger partial charge in [0.25, 0.3) is 0 Å². The minimum Gasteiger partial charge on any atom is -0.462 e. The average Bonchev–Trinajstić information content (AvgIpc) is 3.09. The highest BCUT2D eigenvalue weighted by Crippen LogP contribution is 2.17. The van der Waals surface area contributed by atoms with Gasteiger partial charge >= 0.3 is 17.9 Å². The molecule has 0 rings (SSSR count). The highest BCUT2D eigenvalue weighted by atomic mass is 16.6. The maximum absolute atomic E-state index is 12.9. The van der Waals surface area contributed by atoms with Crippen molar-refractivity contribution in [3.05, 3.63) is 0 Å². The van der Waals surface area contributed by atoms with Crippen LogP contribution in [0, 0.1) is 0 Å². The number of unbranched alkanes of at least 4 members (excludes halogenated alkanes) is 20. The number of hydrogen-bond acceptors (Lipinski definition) is 10. The first-order chi connectivity index (χ1) is 25.7. The lowest BCUT2D eigenvalue weighted by Crippen LogP contribution is -2.44. The molecule has 0 aliphatic carbocycles. The Bertz CT molecular complexity index is 962. The second-order valence-electron chi connectivity index (χ2n) is 16.6. The molecule has 10 heteroatoms. The zero-order valence-electron chi connectivity index (χ0n) is 36.0. The Kier molecular flexibility index (Phi) is 31.9. The summed E-state index contributed by atoms with van der Waals surface area (Å²) in [4.78, 5) is 52.4. The first-order valence-corrected chi connectivity index (χ1v) is 21.8. The minimum absolute atomic E-state index is 0.0430. The molecular weight excluding hydrogens is 686 g/mol. The summed E-state index contributed by atoms with van der Waals surface area (Å²) in [7, 11) is 1.63. The van der Waals surface area contributed by atoms with E-state index >= 15 is 0 Å². The van der Waals surface area contributed by atoms with Crippen LogP contribution in [0.15, 0.2) is 0 Å². The van der Waals surface area contributed by atoms with Gasteiger partial charge in [-0.1, -0.05) is 142 Å². The van der Waals surface area contributed by atoms with E-state index in [0.29, 0.717) is 12.8 Å². The number of carbonyl (C=O) groups is 4. The van der Waals surface area contributed by atoms with Gasteiger partial charge in [-0.3, -0.25) is 24.1 Å². The topological polar surface area (TPSA) is 129 Å². The van der Waals surface area contributed by atoms with Crippen molar-refractivity contribution in [2.45, 2.75) is 219 Å². The predicted octanol–water partition coefficient (Wildman–Crippen LogP) is 9.84. The van der Waals surface area contributed by atoms with Gasteiger partial charge in [-0.25, -0.2) is 0 Å². The third kappa shape index (κ3) is 33.3. The molecule has 0 fully saturated rings. The van der Waals surface area contributed by atoms with Crippen LogP contribution in [0.25, 0.3) is 0 Å². The van der Waals surface area contributed by atoms with Crippen LogP contribution in [-0.4, -0.2) is 91.0 Å². The van der Waals surface area contributed by atoms with Crippen LogP contribution in [0.2, 0.25) is 0 Å². The van der Waals surface area contributed by atoms with Gasteiger partial charge in [-0.05, 0) is 54.0 Å². The molecule has 318 valence electrons. The number of Topliss-reactive ketones (excluding diaryl/α,β-unsaturated/α-hetero) is 1. The Labute approximate surface area is 330 Å². The lowest BCUT2D eigenvalue weighted by Gasteiger charge is -2.28. The summed E-state index contributed by atoms with van der Waals surface area (Å²) in [5, 5.41) is 9.92. The fraction of sp³-hybridized carbons (Fsp3) is 0.909. The summed E-state index contributed by atoms with van der Waals surface area (Å²) in [6, 6.07) is 0. The molecule has 1 unspecified atom stereocenters. The fourth-order valence-electron chi connectivity index (χ4n) is 6.07. The zero-order valence-corrected chi connectivity index (χ0v) is 36.0. The highest BCUT2D eigenvalue weighted by Gasteiger charge is 2.30. The van der Waals surface area contributed by atoms with Crippen molar-refractivity contribution in [3.8, 4) is 0 Å². The maximum Gasteiger partial charge on any atom is 0.320 e. The summed E-state index contributed by atoms with van der Waals surface area (Å²) in [5.74, 6) is -1.56. The molecule has 0 aromatic rings. The van der Waals surface area contributed by atoms with Crippen LogP contribution >= 0.6 is 0 Å². The average molecular weight is 770 g/mol. The van der Waals surface area contributed by atoms with E-state index in [0.717, 1.165) is 38.5 Å². The number of rotatable bonds is 38. The molecule has 0 spiro atoms. The Morgan fingerprint density at radius 3 is 1.37 bits per heavy atom. The van der Waals surface area contributed by atoms with Crippen LogP contribution in [0.3, 0.4) is 0 Å². The van der Waals surface area contributed by atoms with Crippen LogP contribution in [0.5, 0.6) is 0 Å². The number of ether oxygens (including phenoxy) is 4. The maximum atomic E-state index is 12.9. The molecule has 0 heterocycles. The van der Waals surface area contributed by atoms with Crippen molar-refractivity contribution in [1.82, 2.24) is 4.90 Å². The molecule has 0 saturated carbocycles. The van der Waals surface area contributed by atoms with Gasteiger partial charge in [-0.2, -0.15) is 0 Å². The lowest BCUT2D eigenvalue weighted by atomic mass is 10.0. The van der Waals surface area contributed by atoms with E-state index in [1.807, 2.05) is 0 Å². The molecule has 1 N–H and O–H groups in total. The summed E-state index contributed by atoms with van der Waals surface area (Å²) in [6.07, 6.45) is 26.1. The first kappa shape index (κ1) is 52.0. The van der Waals surface area contributed by atoms with Crippen molar-refractivity contribution in [2.75, 3.05) is 40.0 Å². The summed E-state index contributed by atoms with van der Waals surface area (Å²) >= 11 is 0. The Morgan fingerprint density at radius 2 is 0.944 bits per heavy atom. The van der Waals surface area contributed by atoms with Crippen molar-refractivity contribution >= 4 is 23.7 Å². The van der Waals surface area contributed by atoms with Crippen molar-refractivity contribution < 1.29 is 43.2 Å². The van der Waals surface area contributed by atoms with E-state index < -0.39 is 29.2 Å². The van der Waals surface area contributed by atoms with Gasteiger partial charge in [0.05, 0.1) is 25.3 Å². The predicted molar refractivity (Wildman–Crippen MR) is 217 cm³/mol. The van der Waals surface area contributed by atoms with Gasteiger partial charge in [-0.15, -0.1) is 0 Å². The third-order valence-corrected chi connectivity index (χ3v) is 9.79. The fourth-order valence-corrected chi connectivity index (χ4v) is 6.07. The highest BCUT2D eigenvalue weighted by molar-refractivity contribution is 5.88. The van der Waals surface area contributed by atoms with Crippen LogP contribution in [0.1, 0.15) is 202 Å². The molecule has 0 aromatic carbocycles. The molecular formula is C44H83NO9. The van der Waals surface area contributed by atoms with Gasteiger partial charge in [0.1, 0.15) is 18.8 Å². The molecule has 0 saturated heterocycles. The SMILES string of the molecule is CCCCCCCCCCCCCC(=O)OCC(COC(=O)CN(C)CC(=O)C(C)(C)OCCC(C)(C)O)OC(=O)CCCCCCCCCCCCC. The van der Waals surface area contributed by atoms with E-state index in [2.05, 4.69) is 13.8 Å². The number of nitrogens with zero attached hydrogens (tertiary/aromatic N) is 1. The van der Waals surface area contributed by atoms with E-state index in [1.165, 1.54) is 108 Å². The third-order valence-electron chi connectivity index (χ3n) is 9.79. The molecule has 1 atom stereocenters. The van der Waals surface area contributed by atoms with Crippen LogP contribution in [-0.2, 0) is 38.1 Å². The lowest BCUT2D eigenvalue weighted by molar-refractivity contribution is -0.167. The van der Waals surface area contributed by atoms with Gasteiger partial charge in [0.2, 0.25) is 0 Å². The van der Waals surface area contributed by atoms with Crippen molar-refractivity contribution in [2.24, 2.45) is 0 Å². The van der Waals surface area contributed by atoms with Crippen LogP contribution < -0.4 is 0 Å². The number of aliphatic hydroxyl groups is 1. The summed E-state index contributed by atoms with van der Waals surface area (Å²) in [5.41, 5.74) is -1.99. The minimum atomic E-state index is -1.09. The zero-order chi connectivity index (χ0) is 40.5. The smallest absolute Gasteiger partial charge is 0.320 e. The molecule has 0 aromatic heterocycles. The molecule has 0 bridgehead atoms. The Balaban J connectivity index is 4.73. The normalized spacial score (nSPS) is 12.5. The van der Waals surface area contributed by atoms with Gasteiger partial charge in [0.15, 0.2) is 11.9 Å². The number of esters is 3. The monoisotopic (exact) mass is 770 g/mol. The van der Waals surface area contributed by atoms with Crippen molar-refractivity contribution in [3.63, 3.8) is 0 Å². The molecule has 0 aliphatic rings. The van der Waals surface area contributed by atoms with Crippen molar-refractivity contribution in [1.29, 1.82) is 0 Å². The van der Waals surface area contributed by atoms with Crippen LogP contribution in [0.4, 0.5) is 0 Å².